The highest BCUT2D eigenvalue weighted by Crippen LogP contribution is 2.00. The number of aromatic nitrogens is 3. The third kappa shape index (κ3) is 2.44. The molecule has 1 aromatic heterocycles. The highest BCUT2D eigenvalue weighted by atomic mass is 16.4. The van der Waals surface area contributed by atoms with Crippen LogP contribution in [0.3, 0.4) is 0 Å². The molecule has 1 rings (SSSR count). The Labute approximate surface area is 78.5 Å². The zero-order chi connectivity index (χ0) is 10.6. The zero-order valence-electron chi connectivity index (χ0n) is 7.15. The fourth-order valence-electron chi connectivity index (χ4n) is 0.773. The number of carbonyl (C=O) groups is 2. The summed E-state index contributed by atoms with van der Waals surface area (Å²) in [6.45, 7) is 0.0282. The van der Waals surface area contributed by atoms with Crippen molar-refractivity contribution in [3.8, 4) is 0 Å². The van der Waals surface area contributed by atoms with E-state index < -0.39 is 11.9 Å². The van der Waals surface area contributed by atoms with Crippen LogP contribution in [0.2, 0.25) is 0 Å². The first kappa shape index (κ1) is 9.96. The average Bonchev–Trinajstić information content (AvgIpc) is 2.50. The summed E-state index contributed by atoms with van der Waals surface area (Å²) < 4.78 is 0. The molecule has 0 bridgehead atoms. The third-order valence-electron chi connectivity index (χ3n) is 1.41. The van der Waals surface area contributed by atoms with Gasteiger partial charge in [0.2, 0.25) is 0 Å². The van der Waals surface area contributed by atoms with Gasteiger partial charge >= 0.3 is 5.97 Å². The second-order valence-electron chi connectivity index (χ2n) is 2.46. The van der Waals surface area contributed by atoms with Gasteiger partial charge in [-0.3, -0.25) is 9.59 Å². The minimum atomic E-state index is -0.988. The van der Waals surface area contributed by atoms with E-state index in [-0.39, 0.29) is 24.5 Å². The fourth-order valence-corrected chi connectivity index (χ4v) is 0.773. The molecule has 76 valence electrons. The molecule has 0 saturated carbocycles. The quantitative estimate of drug-likeness (QED) is 0.470. The molecule has 0 spiro atoms. The molecule has 0 atom stereocenters. The number of nitrogens with one attached hydrogen (secondary N) is 2. The number of carboxylic acid groups (broad SMARTS) is 1. The van der Waals surface area contributed by atoms with Gasteiger partial charge < -0.3 is 16.2 Å². The SMILES string of the molecule is Nc1n[nH]nc1C(=O)NCCC(=O)O. The van der Waals surface area contributed by atoms with Crippen LogP contribution in [0.1, 0.15) is 16.9 Å². The minimum absolute atomic E-state index is 0.0159. The van der Waals surface area contributed by atoms with Gasteiger partial charge in [-0.2, -0.15) is 5.21 Å². The van der Waals surface area contributed by atoms with Crippen molar-refractivity contribution in [2.45, 2.75) is 6.42 Å². The maximum atomic E-state index is 11.2. The van der Waals surface area contributed by atoms with Crippen molar-refractivity contribution in [3.05, 3.63) is 5.69 Å². The van der Waals surface area contributed by atoms with Crippen LogP contribution in [0.5, 0.6) is 0 Å². The van der Waals surface area contributed by atoms with Crippen LogP contribution in [0.4, 0.5) is 5.82 Å². The topological polar surface area (TPSA) is 134 Å². The summed E-state index contributed by atoms with van der Waals surface area (Å²) in [7, 11) is 0. The number of nitrogens with two attached hydrogens (primary N) is 1. The Bertz CT molecular complexity index is 347. The molecule has 1 amide bonds. The number of nitrogen functional groups attached to an aromatic ring is 1. The highest BCUT2D eigenvalue weighted by molar-refractivity contribution is 5.96. The molecule has 0 unspecified atom stereocenters. The lowest BCUT2D eigenvalue weighted by molar-refractivity contribution is -0.136. The molecule has 0 aliphatic rings. The van der Waals surface area contributed by atoms with Gasteiger partial charge in [0.25, 0.3) is 5.91 Å². The first-order chi connectivity index (χ1) is 6.61. The first-order valence-electron chi connectivity index (χ1n) is 3.77. The van der Waals surface area contributed by atoms with E-state index in [1.807, 2.05) is 0 Å². The van der Waals surface area contributed by atoms with Crippen LogP contribution in [0, 0.1) is 0 Å². The molecule has 0 fully saturated rings. The minimum Gasteiger partial charge on any atom is -0.481 e. The van der Waals surface area contributed by atoms with Crippen molar-refractivity contribution in [1.82, 2.24) is 20.7 Å². The normalized spacial score (nSPS) is 9.71. The average molecular weight is 199 g/mol. The summed E-state index contributed by atoms with van der Waals surface area (Å²) in [6, 6.07) is 0. The van der Waals surface area contributed by atoms with Gasteiger partial charge in [0.1, 0.15) is 0 Å². The molecular formula is C6H9N5O3. The third-order valence-corrected chi connectivity index (χ3v) is 1.41. The van der Waals surface area contributed by atoms with Crippen LogP contribution < -0.4 is 11.1 Å². The van der Waals surface area contributed by atoms with E-state index in [4.69, 9.17) is 10.8 Å². The van der Waals surface area contributed by atoms with Crippen molar-refractivity contribution in [3.63, 3.8) is 0 Å². The van der Waals surface area contributed by atoms with Gasteiger partial charge in [-0.05, 0) is 0 Å². The van der Waals surface area contributed by atoms with Crippen molar-refractivity contribution >= 4 is 17.7 Å². The smallest absolute Gasteiger partial charge is 0.305 e. The Morgan fingerprint density at radius 3 is 2.71 bits per heavy atom. The van der Waals surface area contributed by atoms with Crippen LogP contribution >= 0.6 is 0 Å². The standard InChI is InChI=1S/C6H9N5O3/c7-5-4(9-11-10-5)6(14)8-2-1-3(12)13/h1-2H2,(H,8,14)(H,12,13)(H3,7,9,10,11). The molecule has 1 aromatic rings. The molecule has 8 nitrogen and oxygen atoms in total. The molecule has 0 saturated heterocycles. The molecular weight excluding hydrogens is 190 g/mol. The van der Waals surface area contributed by atoms with E-state index in [2.05, 4.69) is 20.7 Å². The molecule has 8 heteroatoms. The van der Waals surface area contributed by atoms with Gasteiger partial charge in [-0.1, -0.05) is 0 Å². The zero-order valence-corrected chi connectivity index (χ0v) is 7.15. The monoisotopic (exact) mass is 199 g/mol. The first-order valence-corrected chi connectivity index (χ1v) is 3.77. The number of aromatic amines is 1. The lowest BCUT2D eigenvalue weighted by atomic mass is 10.3. The van der Waals surface area contributed by atoms with Crippen molar-refractivity contribution in [2.75, 3.05) is 12.3 Å². The summed E-state index contributed by atoms with van der Waals surface area (Å²) in [5.41, 5.74) is 5.26. The Morgan fingerprint density at radius 2 is 2.21 bits per heavy atom. The van der Waals surface area contributed by atoms with Crippen LogP contribution in [-0.4, -0.2) is 38.9 Å². The lowest BCUT2D eigenvalue weighted by Crippen LogP contribution is -2.27. The van der Waals surface area contributed by atoms with E-state index in [0.29, 0.717) is 0 Å². The number of carboxylic acids is 1. The van der Waals surface area contributed by atoms with Gasteiger partial charge in [0.15, 0.2) is 11.5 Å². The summed E-state index contributed by atoms with van der Waals surface area (Å²) in [5, 5.41) is 19.8. The number of anilines is 1. The maximum Gasteiger partial charge on any atom is 0.305 e. The van der Waals surface area contributed by atoms with Crippen LogP contribution in [0.25, 0.3) is 0 Å². The number of hydrogen-bond donors (Lipinski definition) is 4. The Kier molecular flexibility index (Phi) is 3.00. The van der Waals surface area contributed by atoms with E-state index in [1.54, 1.807) is 0 Å². The Hall–Kier alpha value is -2.12. The molecule has 0 aliphatic carbocycles. The van der Waals surface area contributed by atoms with E-state index in [0.717, 1.165) is 0 Å². The van der Waals surface area contributed by atoms with Gasteiger partial charge in [-0.15, -0.1) is 10.2 Å². The van der Waals surface area contributed by atoms with Crippen molar-refractivity contribution in [2.24, 2.45) is 0 Å². The molecule has 0 aromatic carbocycles. The van der Waals surface area contributed by atoms with Crippen molar-refractivity contribution in [1.29, 1.82) is 0 Å². The van der Waals surface area contributed by atoms with E-state index in [9.17, 15) is 9.59 Å². The summed E-state index contributed by atoms with van der Waals surface area (Å²) in [5.74, 6) is -1.55. The number of nitrogens with zero attached hydrogens (tertiary/aromatic N) is 2. The van der Waals surface area contributed by atoms with Crippen LogP contribution in [0.15, 0.2) is 0 Å². The second kappa shape index (κ2) is 4.21. The number of carbonyl (C=O) groups excluding carboxylic acids is 1. The number of hydrogen-bond acceptors (Lipinski definition) is 5. The molecule has 1 heterocycles. The Balaban J connectivity index is 2.44. The van der Waals surface area contributed by atoms with Gasteiger partial charge in [0, 0.05) is 6.54 Å². The van der Waals surface area contributed by atoms with Crippen LogP contribution in [-0.2, 0) is 4.79 Å². The fraction of sp³-hybridized carbons (Fsp3) is 0.333. The molecule has 14 heavy (non-hydrogen) atoms. The summed E-state index contributed by atoms with van der Waals surface area (Å²) >= 11 is 0. The second-order valence-corrected chi connectivity index (χ2v) is 2.46. The van der Waals surface area contributed by atoms with Gasteiger partial charge in [-0.25, -0.2) is 0 Å². The largest absolute Gasteiger partial charge is 0.481 e. The molecule has 0 radical (unpaired) electrons. The number of amides is 1. The van der Waals surface area contributed by atoms with E-state index >= 15 is 0 Å². The number of H-pyrrole nitrogens is 1. The highest BCUT2D eigenvalue weighted by Gasteiger charge is 2.13. The Morgan fingerprint density at radius 1 is 1.50 bits per heavy atom. The predicted octanol–water partition coefficient (Wildman–Crippen LogP) is -1.41. The lowest BCUT2D eigenvalue weighted by Gasteiger charge is -1.99. The van der Waals surface area contributed by atoms with E-state index in [1.165, 1.54) is 0 Å². The molecule has 0 aliphatic heterocycles. The number of aliphatic carboxylic acids is 1. The van der Waals surface area contributed by atoms with Gasteiger partial charge in [0.05, 0.1) is 6.42 Å². The summed E-state index contributed by atoms with van der Waals surface area (Å²) in [4.78, 5) is 21.3. The summed E-state index contributed by atoms with van der Waals surface area (Å²) in [6.07, 6.45) is -0.149. The number of rotatable bonds is 4. The van der Waals surface area contributed by atoms with Crippen molar-refractivity contribution < 1.29 is 14.7 Å². The molecule has 5 N–H and O–H groups in total. The predicted molar refractivity (Wildman–Crippen MR) is 45.4 cm³/mol. The maximum absolute atomic E-state index is 11.2.